The molecule has 0 saturated heterocycles. The Bertz CT molecular complexity index is 769. The van der Waals surface area contributed by atoms with E-state index >= 15 is 0 Å². The van der Waals surface area contributed by atoms with E-state index in [9.17, 15) is 14.9 Å². The SMILES string of the molecule is Cc1ccc([N+](=O)[O-])cc1NC(=S)NC(=O)C=Cc1ccco1. The third-order valence-electron chi connectivity index (χ3n) is 2.86. The van der Waals surface area contributed by atoms with E-state index < -0.39 is 10.8 Å². The first kappa shape index (κ1) is 16.4. The number of furan rings is 1. The van der Waals surface area contributed by atoms with Gasteiger partial charge in [-0.3, -0.25) is 20.2 Å². The number of hydrogen-bond donors (Lipinski definition) is 2. The maximum atomic E-state index is 11.7. The van der Waals surface area contributed by atoms with E-state index in [0.29, 0.717) is 11.4 Å². The van der Waals surface area contributed by atoms with Crippen LogP contribution >= 0.6 is 12.2 Å². The molecule has 2 rings (SSSR count). The van der Waals surface area contributed by atoms with Crippen molar-refractivity contribution in [3.05, 3.63) is 64.1 Å². The van der Waals surface area contributed by atoms with Crippen LogP contribution in [0.15, 0.2) is 47.1 Å². The molecule has 0 aliphatic heterocycles. The minimum Gasteiger partial charge on any atom is -0.465 e. The van der Waals surface area contributed by atoms with Crippen molar-refractivity contribution in [3.8, 4) is 0 Å². The quantitative estimate of drug-likeness (QED) is 0.387. The van der Waals surface area contributed by atoms with E-state index in [4.69, 9.17) is 16.6 Å². The molecular weight excluding hydrogens is 318 g/mol. The minimum absolute atomic E-state index is 0.0442. The fourth-order valence-electron chi connectivity index (χ4n) is 1.71. The predicted molar refractivity (Wildman–Crippen MR) is 89.9 cm³/mol. The van der Waals surface area contributed by atoms with Crippen molar-refractivity contribution in [1.82, 2.24) is 5.32 Å². The molecule has 1 heterocycles. The van der Waals surface area contributed by atoms with E-state index in [2.05, 4.69) is 10.6 Å². The Hall–Kier alpha value is -3.00. The molecule has 0 spiro atoms. The van der Waals surface area contributed by atoms with Gasteiger partial charge in [0.25, 0.3) is 5.69 Å². The average molecular weight is 331 g/mol. The molecule has 0 bridgehead atoms. The normalized spacial score (nSPS) is 10.5. The number of thiocarbonyl (C=S) groups is 1. The largest absolute Gasteiger partial charge is 0.465 e. The molecule has 0 atom stereocenters. The highest BCUT2D eigenvalue weighted by Gasteiger charge is 2.10. The maximum absolute atomic E-state index is 11.7. The molecule has 7 nitrogen and oxygen atoms in total. The van der Waals surface area contributed by atoms with E-state index in [-0.39, 0.29) is 10.8 Å². The number of non-ortho nitro benzene ring substituents is 1. The highest BCUT2D eigenvalue weighted by atomic mass is 32.1. The Labute approximate surface area is 137 Å². The number of nitro groups is 1. The molecule has 118 valence electrons. The van der Waals surface area contributed by atoms with Gasteiger partial charge in [0.15, 0.2) is 5.11 Å². The lowest BCUT2D eigenvalue weighted by Crippen LogP contribution is -2.33. The molecule has 0 radical (unpaired) electrons. The lowest BCUT2D eigenvalue weighted by atomic mass is 10.2. The third kappa shape index (κ3) is 4.75. The highest BCUT2D eigenvalue weighted by Crippen LogP contribution is 2.21. The van der Waals surface area contributed by atoms with Crippen LogP contribution in [0.2, 0.25) is 0 Å². The van der Waals surface area contributed by atoms with Gasteiger partial charge in [0.2, 0.25) is 5.91 Å². The summed E-state index contributed by atoms with van der Waals surface area (Å²) >= 11 is 5.02. The van der Waals surface area contributed by atoms with Crippen LogP contribution in [-0.2, 0) is 4.79 Å². The second kappa shape index (κ2) is 7.32. The Morgan fingerprint density at radius 3 is 2.83 bits per heavy atom. The van der Waals surface area contributed by atoms with Crippen molar-refractivity contribution < 1.29 is 14.1 Å². The number of hydrogen-bond acceptors (Lipinski definition) is 5. The molecule has 0 saturated carbocycles. The van der Waals surface area contributed by atoms with Gasteiger partial charge < -0.3 is 9.73 Å². The summed E-state index contributed by atoms with van der Waals surface area (Å²) in [5, 5.41) is 16.0. The number of aryl methyl sites for hydroxylation is 1. The standard InChI is InChI=1S/C15H13N3O4S/c1-10-4-5-11(18(20)21)9-13(10)16-15(23)17-14(19)7-6-12-3-2-8-22-12/h2-9H,1H3,(H2,16,17,19,23). The first-order valence-electron chi connectivity index (χ1n) is 6.54. The molecular formula is C15H13N3O4S. The Morgan fingerprint density at radius 2 is 2.17 bits per heavy atom. The van der Waals surface area contributed by atoms with Crippen LogP contribution in [0.25, 0.3) is 6.08 Å². The van der Waals surface area contributed by atoms with Gasteiger partial charge in [-0.05, 0) is 42.9 Å². The smallest absolute Gasteiger partial charge is 0.271 e. The van der Waals surface area contributed by atoms with Gasteiger partial charge in [-0.25, -0.2) is 0 Å². The molecule has 0 aliphatic carbocycles. The molecule has 8 heteroatoms. The fraction of sp³-hybridized carbons (Fsp3) is 0.0667. The number of amides is 1. The van der Waals surface area contributed by atoms with Crippen molar-refractivity contribution in [3.63, 3.8) is 0 Å². The number of nitro benzene ring substituents is 1. The van der Waals surface area contributed by atoms with Crippen LogP contribution in [-0.4, -0.2) is 15.9 Å². The van der Waals surface area contributed by atoms with E-state index in [0.717, 1.165) is 5.56 Å². The molecule has 1 amide bonds. The molecule has 0 unspecified atom stereocenters. The third-order valence-corrected chi connectivity index (χ3v) is 3.06. The Kier molecular flexibility index (Phi) is 5.21. The summed E-state index contributed by atoms with van der Waals surface area (Å²) in [6, 6.07) is 7.75. The van der Waals surface area contributed by atoms with Gasteiger partial charge in [0, 0.05) is 23.9 Å². The number of carbonyl (C=O) groups excluding carboxylic acids is 1. The van der Waals surface area contributed by atoms with Crippen LogP contribution in [0.3, 0.4) is 0 Å². The molecule has 2 N–H and O–H groups in total. The van der Waals surface area contributed by atoms with Crippen molar-refractivity contribution in [2.24, 2.45) is 0 Å². The summed E-state index contributed by atoms with van der Waals surface area (Å²) in [7, 11) is 0. The lowest BCUT2D eigenvalue weighted by molar-refractivity contribution is -0.384. The summed E-state index contributed by atoms with van der Waals surface area (Å²) in [4.78, 5) is 22.0. The summed E-state index contributed by atoms with van der Waals surface area (Å²) in [6.07, 6.45) is 4.26. The van der Waals surface area contributed by atoms with Crippen LogP contribution in [0.1, 0.15) is 11.3 Å². The molecule has 0 fully saturated rings. The summed E-state index contributed by atoms with van der Waals surface area (Å²) < 4.78 is 5.06. The number of rotatable bonds is 4. The van der Waals surface area contributed by atoms with E-state index in [1.165, 1.54) is 30.5 Å². The first-order chi connectivity index (χ1) is 11.0. The predicted octanol–water partition coefficient (Wildman–Crippen LogP) is 3.02. The molecule has 2 aromatic rings. The maximum Gasteiger partial charge on any atom is 0.271 e. The molecule has 0 aliphatic rings. The zero-order chi connectivity index (χ0) is 16.8. The second-order valence-corrected chi connectivity index (χ2v) is 4.96. The first-order valence-corrected chi connectivity index (χ1v) is 6.95. The average Bonchev–Trinajstić information content (AvgIpc) is 3.00. The van der Waals surface area contributed by atoms with Gasteiger partial charge in [0.1, 0.15) is 5.76 Å². The summed E-state index contributed by atoms with van der Waals surface area (Å²) in [5.74, 6) is 0.0931. The Balaban J connectivity index is 1.98. The Morgan fingerprint density at radius 1 is 1.39 bits per heavy atom. The van der Waals surface area contributed by atoms with E-state index in [1.54, 1.807) is 25.1 Å². The monoisotopic (exact) mass is 331 g/mol. The second-order valence-electron chi connectivity index (χ2n) is 4.55. The number of benzene rings is 1. The van der Waals surface area contributed by atoms with Gasteiger partial charge in [0.05, 0.1) is 11.2 Å². The topological polar surface area (TPSA) is 97.4 Å². The zero-order valence-corrected chi connectivity index (χ0v) is 12.9. The summed E-state index contributed by atoms with van der Waals surface area (Å²) in [6.45, 7) is 1.77. The molecule has 1 aromatic carbocycles. The number of anilines is 1. The highest BCUT2D eigenvalue weighted by molar-refractivity contribution is 7.80. The van der Waals surface area contributed by atoms with Crippen molar-refractivity contribution in [1.29, 1.82) is 0 Å². The fourth-order valence-corrected chi connectivity index (χ4v) is 1.92. The molecule has 1 aromatic heterocycles. The van der Waals surface area contributed by atoms with Crippen molar-refractivity contribution in [2.45, 2.75) is 6.92 Å². The van der Waals surface area contributed by atoms with Crippen LogP contribution < -0.4 is 10.6 Å². The zero-order valence-electron chi connectivity index (χ0n) is 12.1. The van der Waals surface area contributed by atoms with Crippen LogP contribution in [0, 0.1) is 17.0 Å². The molecule has 23 heavy (non-hydrogen) atoms. The van der Waals surface area contributed by atoms with Gasteiger partial charge in [-0.15, -0.1) is 0 Å². The van der Waals surface area contributed by atoms with Crippen molar-refractivity contribution in [2.75, 3.05) is 5.32 Å². The van der Waals surface area contributed by atoms with E-state index in [1.807, 2.05) is 0 Å². The van der Waals surface area contributed by atoms with Crippen LogP contribution in [0.5, 0.6) is 0 Å². The van der Waals surface area contributed by atoms with Gasteiger partial charge in [-0.1, -0.05) is 6.07 Å². The lowest BCUT2D eigenvalue weighted by Gasteiger charge is -2.10. The number of nitrogens with one attached hydrogen (secondary N) is 2. The van der Waals surface area contributed by atoms with Gasteiger partial charge >= 0.3 is 0 Å². The minimum atomic E-state index is -0.502. The number of nitrogens with zero attached hydrogens (tertiary/aromatic N) is 1. The summed E-state index contributed by atoms with van der Waals surface area (Å²) in [5.41, 5.74) is 1.16. The van der Waals surface area contributed by atoms with Crippen molar-refractivity contribution >= 4 is 40.7 Å². The number of carbonyl (C=O) groups is 1. The van der Waals surface area contributed by atoms with Crippen LogP contribution in [0.4, 0.5) is 11.4 Å². The van der Waals surface area contributed by atoms with Gasteiger partial charge in [-0.2, -0.15) is 0 Å².